The van der Waals surface area contributed by atoms with Gasteiger partial charge < -0.3 is 19.8 Å². The number of benzene rings is 2. The van der Waals surface area contributed by atoms with Gasteiger partial charge in [0.1, 0.15) is 23.7 Å². The number of phenols is 1. The third-order valence-electron chi connectivity index (χ3n) is 10.0. The second kappa shape index (κ2) is 9.90. The summed E-state index contributed by atoms with van der Waals surface area (Å²) in [7, 11) is 0. The Bertz CT molecular complexity index is 1740. The summed E-state index contributed by atoms with van der Waals surface area (Å²) in [6.45, 7) is 3.51. The molecule has 2 aromatic carbocycles. The normalized spacial score (nSPS) is 22.9. The number of aromatic hydroxyl groups is 1. The summed E-state index contributed by atoms with van der Waals surface area (Å²) in [4.78, 5) is 32.1. The lowest BCUT2D eigenvalue weighted by Gasteiger charge is -2.40. The van der Waals surface area contributed by atoms with E-state index in [1.54, 1.807) is 29.3 Å². The Morgan fingerprint density at radius 2 is 1.79 bits per heavy atom. The van der Waals surface area contributed by atoms with Gasteiger partial charge in [-0.3, -0.25) is 14.8 Å². The number of fused-ring (bicyclic) bond motifs is 5. The summed E-state index contributed by atoms with van der Waals surface area (Å²) in [5.74, 6) is 0.0295. The highest BCUT2D eigenvalue weighted by Crippen LogP contribution is 2.41. The van der Waals surface area contributed by atoms with Gasteiger partial charge in [-0.15, -0.1) is 0 Å². The second-order valence-electron chi connectivity index (χ2n) is 12.4. The zero-order valence-electron chi connectivity index (χ0n) is 23.7. The molecule has 4 fully saturated rings. The molecule has 0 radical (unpaired) electrons. The molecule has 4 aliphatic rings. The molecule has 11 heteroatoms. The third-order valence-corrected chi connectivity index (χ3v) is 10.0. The molecule has 8 rings (SSSR count). The number of piperazine rings is 1. The maximum absolute atomic E-state index is 16.7. The summed E-state index contributed by atoms with van der Waals surface area (Å²) in [5, 5.41) is 21.5. The van der Waals surface area contributed by atoms with Gasteiger partial charge in [-0.1, -0.05) is 12.1 Å². The Hall–Kier alpha value is -4.25. The lowest BCUT2D eigenvalue weighted by Crippen LogP contribution is -2.55. The monoisotopic (exact) mass is 584 g/mol. The summed E-state index contributed by atoms with van der Waals surface area (Å²) in [5.41, 5.74) is 1.42. The van der Waals surface area contributed by atoms with Crippen molar-refractivity contribution in [1.29, 1.82) is 0 Å². The molecule has 1 amide bonds. The van der Waals surface area contributed by atoms with Crippen LogP contribution in [0.4, 0.5) is 15.0 Å². The molecule has 43 heavy (non-hydrogen) atoms. The van der Waals surface area contributed by atoms with Crippen molar-refractivity contribution < 1.29 is 24.1 Å². The number of hydrogen-bond donors (Lipinski definition) is 2. The highest BCUT2D eigenvalue weighted by atomic mass is 19.1. The molecule has 6 heterocycles. The van der Waals surface area contributed by atoms with Crippen molar-refractivity contribution in [3.8, 4) is 22.9 Å². The van der Waals surface area contributed by atoms with Crippen LogP contribution in [0.15, 0.2) is 42.6 Å². The largest absolute Gasteiger partial charge is 0.508 e. The average molecular weight is 585 g/mol. The molecule has 222 valence electrons. The Morgan fingerprint density at radius 3 is 2.53 bits per heavy atom. The first kappa shape index (κ1) is 26.4. The molecule has 0 aliphatic carbocycles. The first-order valence-corrected chi connectivity index (χ1v) is 15.1. The minimum Gasteiger partial charge on any atom is -0.508 e. The smallest absolute Gasteiger partial charge is 0.407 e. The molecule has 2 bridgehead atoms. The van der Waals surface area contributed by atoms with Gasteiger partial charge in [-0.25, -0.2) is 9.18 Å². The fourth-order valence-electron chi connectivity index (χ4n) is 8.07. The zero-order valence-corrected chi connectivity index (χ0v) is 23.7. The van der Waals surface area contributed by atoms with Crippen LogP contribution in [0.25, 0.3) is 32.9 Å². The minimum absolute atomic E-state index is 0.0195. The number of ether oxygens (including phenoxy) is 1. The predicted molar refractivity (Wildman–Crippen MR) is 159 cm³/mol. The fourth-order valence-corrected chi connectivity index (χ4v) is 8.07. The molecule has 4 aliphatic heterocycles. The van der Waals surface area contributed by atoms with E-state index in [0.29, 0.717) is 47.4 Å². The van der Waals surface area contributed by atoms with Gasteiger partial charge in [0.25, 0.3) is 0 Å². The third kappa shape index (κ3) is 4.23. The van der Waals surface area contributed by atoms with Gasteiger partial charge in [0.15, 0.2) is 5.82 Å². The summed E-state index contributed by atoms with van der Waals surface area (Å²) in [6.07, 6.45) is 6.70. The SMILES string of the molecule is O=C(O)N1C2CCC1CN(c1nc(OCC34CCCN3CCC4)nc3c(F)c(-c4cc(O)cc5cccnc45)ccc13)C2. The van der Waals surface area contributed by atoms with Crippen molar-refractivity contribution >= 4 is 33.7 Å². The number of carbonyl (C=O) groups is 1. The van der Waals surface area contributed by atoms with E-state index in [4.69, 9.17) is 9.72 Å². The number of aromatic nitrogens is 3. The van der Waals surface area contributed by atoms with Crippen molar-refractivity contribution in [2.75, 3.05) is 37.7 Å². The van der Waals surface area contributed by atoms with Gasteiger partial charge >= 0.3 is 12.1 Å². The number of phenolic OH excluding ortho intramolecular Hbond substituents is 1. The lowest BCUT2D eigenvalue weighted by molar-refractivity contribution is 0.107. The highest BCUT2D eigenvalue weighted by molar-refractivity contribution is 5.99. The van der Waals surface area contributed by atoms with Crippen LogP contribution in [0.2, 0.25) is 0 Å². The Labute approximate surface area is 247 Å². The van der Waals surface area contributed by atoms with E-state index >= 15 is 4.39 Å². The number of hydrogen-bond acceptors (Lipinski definition) is 8. The molecule has 0 spiro atoms. The van der Waals surface area contributed by atoms with Gasteiger partial charge in [0.2, 0.25) is 0 Å². The van der Waals surface area contributed by atoms with E-state index in [2.05, 4.69) is 19.8 Å². The summed E-state index contributed by atoms with van der Waals surface area (Å²) in [6, 6.07) is 10.1. The number of carboxylic acid groups (broad SMARTS) is 1. The van der Waals surface area contributed by atoms with E-state index in [1.807, 2.05) is 12.1 Å². The van der Waals surface area contributed by atoms with E-state index in [-0.39, 0.29) is 40.5 Å². The van der Waals surface area contributed by atoms with Crippen molar-refractivity contribution in [2.24, 2.45) is 0 Å². The maximum Gasteiger partial charge on any atom is 0.407 e. The van der Waals surface area contributed by atoms with Crippen molar-refractivity contribution in [3.05, 3.63) is 48.4 Å². The molecule has 10 nitrogen and oxygen atoms in total. The minimum atomic E-state index is -0.900. The van der Waals surface area contributed by atoms with E-state index in [1.165, 1.54) is 6.07 Å². The van der Waals surface area contributed by atoms with E-state index < -0.39 is 11.9 Å². The number of halogens is 1. The Kier molecular flexibility index (Phi) is 6.08. The number of nitrogens with zero attached hydrogens (tertiary/aromatic N) is 6. The second-order valence-corrected chi connectivity index (χ2v) is 12.4. The molecule has 2 unspecified atom stereocenters. The molecular weight excluding hydrogens is 551 g/mol. The van der Waals surface area contributed by atoms with Crippen LogP contribution in [-0.4, -0.2) is 91.5 Å². The van der Waals surface area contributed by atoms with Gasteiger partial charge in [0, 0.05) is 41.2 Å². The van der Waals surface area contributed by atoms with Crippen LogP contribution >= 0.6 is 0 Å². The van der Waals surface area contributed by atoms with Crippen LogP contribution in [0.5, 0.6) is 11.8 Å². The Balaban J connectivity index is 1.24. The lowest BCUT2D eigenvalue weighted by atomic mass is 9.95. The standard InChI is InChI=1S/C32H33FN6O4/c33-26-23(25-15-22(40)14-19-4-1-11-34-27(19)25)7-8-24-28(26)35-30(43-18-32-9-2-12-38(32)13-3-10-32)36-29(24)37-16-20-5-6-21(17-37)39(20)31(41)42/h1,4,7-8,11,14-15,20-21,40H,2-3,5-6,9-10,12-13,16-18H2,(H,41,42). The number of pyridine rings is 1. The topological polar surface area (TPSA) is 115 Å². The molecule has 4 saturated heterocycles. The van der Waals surface area contributed by atoms with E-state index in [9.17, 15) is 15.0 Å². The molecule has 0 saturated carbocycles. The van der Waals surface area contributed by atoms with Gasteiger partial charge in [0.05, 0.1) is 23.1 Å². The summed E-state index contributed by atoms with van der Waals surface area (Å²) >= 11 is 0. The van der Waals surface area contributed by atoms with Crippen molar-refractivity contribution in [1.82, 2.24) is 24.8 Å². The first-order chi connectivity index (χ1) is 20.9. The number of amides is 1. The quantitative estimate of drug-likeness (QED) is 0.333. The van der Waals surface area contributed by atoms with Crippen LogP contribution in [0.3, 0.4) is 0 Å². The molecule has 4 aromatic rings. The Morgan fingerprint density at radius 1 is 1.02 bits per heavy atom. The number of anilines is 1. The van der Waals surface area contributed by atoms with Crippen LogP contribution in [0.1, 0.15) is 38.5 Å². The highest BCUT2D eigenvalue weighted by Gasteiger charge is 2.46. The van der Waals surface area contributed by atoms with Crippen molar-refractivity contribution in [3.63, 3.8) is 0 Å². The van der Waals surface area contributed by atoms with Gasteiger partial charge in [-0.2, -0.15) is 9.97 Å². The summed E-state index contributed by atoms with van der Waals surface area (Å²) < 4.78 is 23.0. The predicted octanol–water partition coefficient (Wildman–Crippen LogP) is 5.03. The number of rotatable bonds is 5. The first-order valence-electron chi connectivity index (χ1n) is 15.1. The molecule has 2 N–H and O–H groups in total. The molecule has 2 aromatic heterocycles. The zero-order chi connectivity index (χ0) is 29.3. The van der Waals surface area contributed by atoms with Crippen molar-refractivity contribution in [2.45, 2.75) is 56.1 Å². The van der Waals surface area contributed by atoms with Crippen LogP contribution < -0.4 is 9.64 Å². The van der Waals surface area contributed by atoms with E-state index in [0.717, 1.165) is 51.6 Å². The van der Waals surface area contributed by atoms with Crippen LogP contribution in [-0.2, 0) is 0 Å². The van der Waals surface area contributed by atoms with Gasteiger partial charge in [-0.05, 0) is 75.9 Å². The van der Waals surface area contributed by atoms with Crippen LogP contribution in [0, 0.1) is 5.82 Å². The molecular formula is C32H33FN6O4. The maximum atomic E-state index is 16.7. The average Bonchev–Trinajstić information content (AvgIpc) is 3.66. The molecule has 2 atom stereocenters. The fraction of sp³-hybridized carbons (Fsp3) is 0.438.